The summed E-state index contributed by atoms with van der Waals surface area (Å²) in [5.41, 5.74) is 0.370. The Labute approximate surface area is 181 Å². The number of carboxylic acid groups (broad SMARTS) is 1. The van der Waals surface area contributed by atoms with Gasteiger partial charge in [0.05, 0.1) is 7.11 Å². The molecule has 1 aromatic heterocycles. The molecular weight excluding hydrogens is 428 g/mol. The maximum absolute atomic E-state index is 12.4. The first-order chi connectivity index (χ1) is 14.3. The molecule has 0 radical (unpaired) electrons. The molecule has 2 N–H and O–H groups in total. The molecule has 0 spiro atoms. The van der Waals surface area contributed by atoms with Crippen LogP contribution >= 0.6 is 23.3 Å². The Morgan fingerprint density at radius 1 is 1.40 bits per heavy atom. The largest absolute Gasteiger partial charge is 0.493 e. The SMILES string of the molecule is COc1cc(/C=C(/C#N)C(=O)Nc2nc(SCC(C)C)ns2)ccc1OCC(=O)O. The van der Waals surface area contributed by atoms with Crippen LogP contribution in [0.15, 0.2) is 28.9 Å². The minimum atomic E-state index is -1.12. The van der Waals surface area contributed by atoms with Gasteiger partial charge in [0.25, 0.3) is 5.91 Å². The topological polar surface area (TPSA) is 134 Å². The number of nitrogens with zero attached hydrogens (tertiary/aromatic N) is 3. The van der Waals surface area contributed by atoms with Crippen molar-refractivity contribution in [2.75, 3.05) is 24.8 Å². The highest BCUT2D eigenvalue weighted by atomic mass is 32.2. The predicted molar refractivity (Wildman–Crippen MR) is 114 cm³/mol. The van der Waals surface area contributed by atoms with Gasteiger partial charge in [-0.3, -0.25) is 10.1 Å². The maximum atomic E-state index is 12.4. The number of hydrogen-bond donors (Lipinski definition) is 2. The van der Waals surface area contributed by atoms with E-state index in [9.17, 15) is 14.9 Å². The summed E-state index contributed by atoms with van der Waals surface area (Å²) < 4.78 is 14.5. The first-order valence-corrected chi connectivity index (χ1v) is 10.5. The number of hydrogen-bond acceptors (Lipinski definition) is 9. The summed E-state index contributed by atoms with van der Waals surface area (Å²) in [6.45, 7) is 3.66. The Kier molecular flexibility index (Phi) is 8.64. The van der Waals surface area contributed by atoms with Gasteiger partial charge >= 0.3 is 5.97 Å². The number of aliphatic carboxylic acids is 1. The molecule has 11 heteroatoms. The van der Waals surface area contributed by atoms with E-state index >= 15 is 0 Å². The average molecular weight is 449 g/mol. The Hall–Kier alpha value is -3.10. The van der Waals surface area contributed by atoms with Gasteiger partial charge in [0, 0.05) is 17.3 Å². The van der Waals surface area contributed by atoms with Crippen molar-refractivity contribution in [2.24, 2.45) is 5.92 Å². The third-order valence-corrected chi connectivity index (χ3v) is 5.41. The van der Waals surface area contributed by atoms with Gasteiger partial charge < -0.3 is 14.6 Å². The number of ether oxygens (including phenoxy) is 2. The van der Waals surface area contributed by atoms with Crippen LogP contribution in [0.1, 0.15) is 19.4 Å². The summed E-state index contributed by atoms with van der Waals surface area (Å²) in [7, 11) is 1.40. The molecule has 9 nitrogen and oxygen atoms in total. The molecule has 30 heavy (non-hydrogen) atoms. The van der Waals surface area contributed by atoms with Gasteiger partial charge in [0.1, 0.15) is 11.6 Å². The van der Waals surface area contributed by atoms with Crippen LogP contribution < -0.4 is 14.8 Å². The lowest BCUT2D eigenvalue weighted by Crippen LogP contribution is -2.13. The van der Waals surface area contributed by atoms with Crippen molar-refractivity contribution < 1.29 is 24.2 Å². The van der Waals surface area contributed by atoms with Crippen LogP contribution in [0.4, 0.5) is 5.13 Å². The number of methoxy groups -OCH3 is 1. The van der Waals surface area contributed by atoms with Gasteiger partial charge in [-0.15, -0.1) is 0 Å². The number of amides is 1. The number of carboxylic acids is 1. The number of carbonyl (C=O) groups is 2. The highest BCUT2D eigenvalue weighted by Gasteiger charge is 2.14. The zero-order valence-electron chi connectivity index (χ0n) is 16.5. The third kappa shape index (κ3) is 7.06. The van der Waals surface area contributed by atoms with E-state index in [1.807, 2.05) is 6.07 Å². The smallest absolute Gasteiger partial charge is 0.341 e. The molecule has 0 fully saturated rings. The lowest BCUT2D eigenvalue weighted by atomic mass is 10.1. The zero-order valence-corrected chi connectivity index (χ0v) is 18.2. The second-order valence-electron chi connectivity index (χ2n) is 6.30. The Morgan fingerprint density at radius 3 is 2.80 bits per heavy atom. The number of rotatable bonds is 10. The van der Waals surface area contributed by atoms with Crippen molar-refractivity contribution in [2.45, 2.75) is 19.0 Å². The van der Waals surface area contributed by atoms with Crippen molar-refractivity contribution >= 4 is 46.4 Å². The maximum Gasteiger partial charge on any atom is 0.341 e. The van der Waals surface area contributed by atoms with Crippen LogP contribution in [0.25, 0.3) is 6.08 Å². The fourth-order valence-electron chi connectivity index (χ4n) is 2.07. The summed E-state index contributed by atoms with van der Waals surface area (Å²) in [5.74, 6) is 0.134. The van der Waals surface area contributed by atoms with Crippen LogP contribution in [-0.4, -0.2) is 45.8 Å². The van der Waals surface area contributed by atoms with Crippen LogP contribution in [0.3, 0.4) is 0 Å². The molecule has 0 aliphatic carbocycles. The molecule has 2 rings (SSSR count). The van der Waals surface area contributed by atoms with E-state index in [2.05, 4.69) is 28.5 Å². The normalized spacial score (nSPS) is 11.1. The highest BCUT2D eigenvalue weighted by Crippen LogP contribution is 2.29. The minimum absolute atomic E-state index is 0.136. The quantitative estimate of drug-likeness (QED) is 0.319. The molecule has 158 valence electrons. The zero-order chi connectivity index (χ0) is 22.1. The van der Waals surface area contributed by atoms with E-state index in [1.54, 1.807) is 6.07 Å². The van der Waals surface area contributed by atoms with Crippen LogP contribution in [0.5, 0.6) is 11.5 Å². The lowest BCUT2D eigenvalue weighted by Gasteiger charge is -2.10. The number of thioether (sulfide) groups is 1. The molecule has 0 atom stereocenters. The summed E-state index contributed by atoms with van der Waals surface area (Å²) in [6, 6.07) is 6.48. The van der Waals surface area contributed by atoms with Crippen molar-refractivity contribution in [1.29, 1.82) is 5.26 Å². The van der Waals surface area contributed by atoms with Crippen molar-refractivity contribution in [3.8, 4) is 17.6 Å². The molecule has 0 saturated heterocycles. The van der Waals surface area contributed by atoms with Gasteiger partial charge in [0.2, 0.25) is 10.3 Å². The Bertz CT molecular complexity index is 982. The average Bonchev–Trinajstić information content (AvgIpc) is 3.16. The van der Waals surface area contributed by atoms with Gasteiger partial charge in [-0.25, -0.2) is 4.79 Å². The number of anilines is 1. The molecule has 0 saturated carbocycles. The van der Waals surface area contributed by atoms with Gasteiger partial charge in [-0.1, -0.05) is 31.7 Å². The third-order valence-electron chi connectivity index (χ3n) is 3.39. The second-order valence-corrected chi connectivity index (χ2v) is 8.04. The van der Waals surface area contributed by atoms with E-state index in [1.165, 1.54) is 37.1 Å². The molecule has 1 amide bonds. The molecule has 1 heterocycles. The van der Waals surface area contributed by atoms with E-state index in [0.29, 0.717) is 21.8 Å². The first kappa shape index (κ1) is 23.2. The molecule has 0 aliphatic heterocycles. The first-order valence-electron chi connectivity index (χ1n) is 8.74. The number of benzene rings is 1. The highest BCUT2D eigenvalue weighted by molar-refractivity contribution is 7.99. The van der Waals surface area contributed by atoms with E-state index in [0.717, 1.165) is 17.3 Å². The van der Waals surface area contributed by atoms with Crippen LogP contribution in [0, 0.1) is 17.2 Å². The fourth-order valence-corrected chi connectivity index (χ4v) is 3.56. The van der Waals surface area contributed by atoms with Crippen molar-refractivity contribution in [1.82, 2.24) is 9.36 Å². The number of aromatic nitrogens is 2. The summed E-state index contributed by atoms with van der Waals surface area (Å²) in [6.07, 6.45) is 1.38. The Morgan fingerprint density at radius 2 is 2.17 bits per heavy atom. The number of nitrogens with one attached hydrogen (secondary N) is 1. The van der Waals surface area contributed by atoms with E-state index in [4.69, 9.17) is 14.6 Å². The number of nitriles is 1. The molecule has 0 bridgehead atoms. The molecule has 1 aromatic carbocycles. The number of carbonyl (C=O) groups excluding carboxylic acids is 1. The van der Waals surface area contributed by atoms with Gasteiger partial charge in [0.15, 0.2) is 18.1 Å². The fraction of sp³-hybridized carbons (Fsp3) is 0.316. The monoisotopic (exact) mass is 448 g/mol. The second kappa shape index (κ2) is 11.2. The molecular formula is C19H20N4O5S2. The molecule has 0 aliphatic rings. The Balaban J connectivity index is 2.11. The summed E-state index contributed by atoms with van der Waals surface area (Å²) >= 11 is 2.54. The van der Waals surface area contributed by atoms with Crippen molar-refractivity contribution in [3.05, 3.63) is 29.3 Å². The summed E-state index contributed by atoms with van der Waals surface area (Å²) in [5, 5.41) is 21.6. The van der Waals surface area contributed by atoms with Gasteiger partial charge in [-0.2, -0.15) is 14.6 Å². The molecule has 2 aromatic rings. The van der Waals surface area contributed by atoms with E-state index in [-0.39, 0.29) is 17.1 Å². The predicted octanol–water partition coefficient (Wildman–Crippen LogP) is 3.30. The van der Waals surface area contributed by atoms with Gasteiger partial charge in [-0.05, 0) is 29.7 Å². The molecule has 0 unspecified atom stereocenters. The minimum Gasteiger partial charge on any atom is -0.493 e. The van der Waals surface area contributed by atoms with Crippen LogP contribution in [-0.2, 0) is 9.59 Å². The standard InChI is InChI=1S/C19H20N4O5S2/c1-11(2)10-29-19-22-18(30-23-19)21-17(26)13(8-20)6-12-4-5-14(15(7-12)27-3)28-9-16(24)25/h4-7,11H,9-10H2,1-3H3,(H,24,25)(H,21,22,23,26)/b13-6-. The lowest BCUT2D eigenvalue weighted by molar-refractivity contribution is -0.139. The summed E-state index contributed by atoms with van der Waals surface area (Å²) in [4.78, 5) is 27.3. The van der Waals surface area contributed by atoms with Crippen LogP contribution in [0.2, 0.25) is 0 Å². The van der Waals surface area contributed by atoms with E-state index < -0.39 is 18.5 Å². The van der Waals surface area contributed by atoms with Crippen molar-refractivity contribution in [3.63, 3.8) is 0 Å².